The van der Waals surface area contributed by atoms with Crippen molar-refractivity contribution in [1.82, 2.24) is 20.6 Å². The minimum Gasteiger partial charge on any atom is -0.399 e. The molecule has 1 saturated heterocycles. The Balaban J connectivity index is 0.000000850. The second-order valence-electron chi connectivity index (χ2n) is 11.8. The van der Waals surface area contributed by atoms with Crippen molar-refractivity contribution >= 4 is 23.3 Å². The lowest BCUT2D eigenvalue weighted by Crippen LogP contribution is -2.68. The van der Waals surface area contributed by atoms with Crippen LogP contribution < -0.4 is 21.3 Å². The van der Waals surface area contributed by atoms with Crippen molar-refractivity contribution in [2.24, 2.45) is 11.3 Å². The van der Waals surface area contributed by atoms with Crippen LogP contribution in [0.5, 0.6) is 0 Å². The Morgan fingerprint density at radius 3 is 2.12 bits per heavy atom. The SMILES string of the molecule is CCC(C)C.CCCNC(=O)C1N(c2cc(CNC(=O)c3ccc(-c4ccc(N)cc4)cc3)nc(C)n2)CC1(C)C. The van der Waals surface area contributed by atoms with Gasteiger partial charge in [0.15, 0.2) is 0 Å². The first-order chi connectivity index (χ1) is 19.4. The summed E-state index contributed by atoms with van der Waals surface area (Å²) in [5.74, 6) is 2.02. The van der Waals surface area contributed by atoms with E-state index in [2.05, 4.69) is 55.2 Å². The Kier molecular flexibility index (Phi) is 10.9. The topological polar surface area (TPSA) is 113 Å². The Morgan fingerprint density at radius 1 is 1.00 bits per heavy atom. The molecule has 8 nitrogen and oxygen atoms in total. The number of carbonyl (C=O) groups excluding carboxylic acids is 2. The zero-order valence-corrected chi connectivity index (χ0v) is 25.6. The number of aromatic nitrogens is 2. The lowest BCUT2D eigenvalue weighted by Gasteiger charge is -2.53. The number of carbonyl (C=O) groups is 2. The molecular weight excluding hydrogens is 512 g/mol. The highest BCUT2D eigenvalue weighted by Crippen LogP contribution is 2.40. The molecule has 4 rings (SSSR count). The van der Waals surface area contributed by atoms with Gasteiger partial charge >= 0.3 is 0 Å². The van der Waals surface area contributed by atoms with Gasteiger partial charge in [0.05, 0.1) is 12.2 Å². The Bertz CT molecular complexity index is 1300. The molecule has 1 fully saturated rings. The van der Waals surface area contributed by atoms with Gasteiger partial charge in [0.25, 0.3) is 5.91 Å². The molecule has 0 aliphatic carbocycles. The summed E-state index contributed by atoms with van der Waals surface area (Å²) < 4.78 is 0. The third-order valence-electron chi connectivity index (χ3n) is 7.24. The third kappa shape index (κ3) is 8.52. The molecule has 3 aromatic rings. The number of anilines is 2. The predicted octanol–water partition coefficient (Wildman–Crippen LogP) is 5.76. The molecule has 1 aliphatic rings. The molecule has 1 aromatic heterocycles. The van der Waals surface area contributed by atoms with E-state index >= 15 is 0 Å². The first kappa shape index (κ1) is 31.6. The largest absolute Gasteiger partial charge is 0.399 e. The number of hydrogen-bond donors (Lipinski definition) is 3. The van der Waals surface area contributed by atoms with Crippen LogP contribution in [0.1, 0.15) is 76.3 Å². The maximum atomic E-state index is 12.8. The van der Waals surface area contributed by atoms with Crippen LogP contribution >= 0.6 is 0 Å². The van der Waals surface area contributed by atoms with Gasteiger partial charge in [-0.3, -0.25) is 9.59 Å². The monoisotopic (exact) mass is 558 g/mol. The molecule has 1 unspecified atom stereocenters. The van der Waals surface area contributed by atoms with Gasteiger partial charge in [-0.15, -0.1) is 0 Å². The summed E-state index contributed by atoms with van der Waals surface area (Å²) in [6.07, 6.45) is 2.19. The number of benzene rings is 2. The number of hydrogen-bond acceptors (Lipinski definition) is 6. The Hall–Kier alpha value is -3.94. The molecule has 2 heterocycles. The van der Waals surface area contributed by atoms with Crippen LogP contribution in [-0.4, -0.2) is 40.9 Å². The average Bonchev–Trinajstić information content (AvgIpc) is 2.94. The normalized spacial score (nSPS) is 15.4. The molecule has 8 heteroatoms. The second kappa shape index (κ2) is 14.1. The summed E-state index contributed by atoms with van der Waals surface area (Å²) in [7, 11) is 0. The highest BCUT2D eigenvalue weighted by molar-refractivity contribution is 5.94. The Labute approximate surface area is 245 Å². The van der Waals surface area contributed by atoms with Crippen molar-refractivity contribution in [3.05, 3.63) is 71.7 Å². The van der Waals surface area contributed by atoms with Gasteiger partial charge in [0, 0.05) is 35.8 Å². The van der Waals surface area contributed by atoms with Gasteiger partial charge in [0.1, 0.15) is 17.7 Å². The quantitative estimate of drug-likeness (QED) is 0.288. The minimum atomic E-state index is -0.291. The molecule has 2 amide bonds. The van der Waals surface area contributed by atoms with E-state index in [9.17, 15) is 9.59 Å². The van der Waals surface area contributed by atoms with Crippen molar-refractivity contribution in [3.8, 4) is 11.1 Å². The molecule has 0 bridgehead atoms. The van der Waals surface area contributed by atoms with Crippen LogP contribution in [-0.2, 0) is 11.3 Å². The summed E-state index contributed by atoms with van der Waals surface area (Å²) in [5, 5.41) is 5.95. The number of nitrogen functional groups attached to an aromatic ring is 1. The van der Waals surface area contributed by atoms with Crippen molar-refractivity contribution in [1.29, 1.82) is 0 Å². The summed E-state index contributed by atoms with van der Waals surface area (Å²) in [4.78, 5) is 36.7. The molecule has 2 aromatic carbocycles. The number of nitrogens with zero attached hydrogens (tertiary/aromatic N) is 3. The molecule has 41 heavy (non-hydrogen) atoms. The number of aryl methyl sites for hydroxylation is 1. The summed E-state index contributed by atoms with van der Waals surface area (Å²) in [6, 6.07) is 16.6. The third-order valence-corrected chi connectivity index (χ3v) is 7.24. The van der Waals surface area contributed by atoms with Gasteiger partial charge in [-0.05, 0) is 54.7 Å². The average molecular weight is 559 g/mol. The zero-order chi connectivity index (χ0) is 30.2. The van der Waals surface area contributed by atoms with Crippen molar-refractivity contribution in [2.75, 3.05) is 23.7 Å². The number of nitrogens with two attached hydrogens (primary N) is 1. The van der Waals surface area contributed by atoms with Gasteiger partial charge in [0.2, 0.25) is 5.91 Å². The minimum absolute atomic E-state index is 0.0154. The maximum absolute atomic E-state index is 12.8. The molecule has 0 radical (unpaired) electrons. The van der Waals surface area contributed by atoms with Crippen LogP contribution in [0.3, 0.4) is 0 Å². The van der Waals surface area contributed by atoms with Crippen LogP contribution in [0.25, 0.3) is 11.1 Å². The van der Waals surface area contributed by atoms with Crippen LogP contribution in [0.15, 0.2) is 54.6 Å². The maximum Gasteiger partial charge on any atom is 0.251 e. The van der Waals surface area contributed by atoms with E-state index in [4.69, 9.17) is 5.73 Å². The van der Waals surface area contributed by atoms with Crippen molar-refractivity contribution in [3.63, 3.8) is 0 Å². The summed E-state index contributed by atoms with van der Waals surface area (Å²) in [5.41, 5.74) is 9.64. The molecule has 1 atom stereocenters. The fourth-order valence-corrected chi connectivity index (χ4v) is 4.59. The van der Waals surface area contributed by atoms with E-state index in [1.54, 1.807) is 12.1 Å². The van der Waals surface area contributed by atoms with E-state index in [1.165, 1.54) is 6.42 Å². The number of rotatable bonds is 9. The fraction of sp³-hybridized carbons (Fsp3) is 0.455. The number of nitrogens with one attached hydrogen (secondary N) is 2. The fourth-order valence-electron chi connectivity index (χ4n) is 4.59. The Morgan fingerprint density at radius 2 is 1.59 bits per heavy atom. The molecule has 220 valence electrons. The molecule has 4 N–H and O–H groups in total. The van der Waals surface area contributed by atoms with Crippen LogP contribution in [0.2, 0.25) is 0 Å². The predicted molar refractivity (Wildman–Crippen MR) is 168 cm³/mol. The van der Waals surface area contributed by atoms with E-state index < -0.39 is 0 Å². The van der Waals surface area contributed by atoms with E-state index in [-0.39, 0.29) is 29.8 Å². The molecule has 1 aliphatic heterocycles. The van der Waals surface area contributed by atoms with E-state index in [1.807, 2.05) is 61.2 Å². The highest BCUT2D eigenvalue weighted by Gasteiger charge is 2.50. The smallest absolute Gasteiger partial charge is 0.251 e. The standard InChI is InChI=1S/C28H34N6O2.C5H12/c1-5-14-30-27(36)25-28(3,4)17-34(25)24-15-23(32-18(2)33-24)16-31-26(35)21-8-6-19(7-9-21)20-10-12-22(29)13-11-20;1-4-5(2)3/h6-13,15,25H,5,14,16-17,29H2,1-4H3,(H,30,36)(H,31,35);5H,4H2,1-3H3. The van der Waals surface area contributed by atoms with Gasteiger partial charge < -0.3 is 21.3 Å². The van der Waals surface area contributed by atoms with Gasteiger partial charge in [-0.2, -0.15) is 0 Å². The molecule has 0 spiro atoms. The van der Waals surface area contributed by atoms with Crippen molar-refractivity contribution in [2.45, 2.75) is 73.9 Å². The molecule has 0 saturated carbocycles. The lowest BCUT2D eigenvalue weighted by atomic mass is 9.74. The molecular formula is C33H46N6O2. The highest BCUT2D eigenvalue weighted by atomic mass is 16.2. The first-order valence-electron chi connectivity index (χ1n) is 14.6. The number of amides is 2. The summed E-state index contributed by atoms with van der Waals surface area (Å²) in [6.45, 7) is 16.3. The van der Waals surface area contributed by atoms with Gasteiger partial charge in [-0.25, -0.2) is 9.97 Å². The lowest BCUT2D eigenvalue weighted by molar-refractivity contribution is -0.127. The zero-order valence-electron chi connectivity index (χ0n) is 25.6. The summed E-state index contributed by atoms with van der Waals surface area (Å²) >= 11 is 0. The first-order valence-corrected chi connectivity index (χ1v) is 14.6. The van der Waals surface area contributed by atoms with E-state index in [0.29, 0.717) is 35.1 Å². The van der Waals surface area contributed by atoms with Crippen LogP contribution in [0.4, 0.5) is 11.5 Å². The van der Waals surface area contributed by atoms with E-state index in [0.717, 1.165) is 30.0 Å². The van der Waals surface area contributed by atoms with Crippen molar-refractivity contribution < 1.29 is 9.59 Å². The van der Waals surface area contributed by atoms with Gasteiger partial charge in [-0.1, -0.05) is 72.2 Å². The van der Waals surface area contributed by atoms with Crippen LogP contribution in [0, 0.1) is 18.3 Å². The second-order valence-corrected chi connectivity index (χ2v) is 11.8.